The zero-order valence-electron chi connectivity index (χ0n) is 13.0. The monoisotopic (exact) mass is 300 g/mol. The van der Waals surface area contributed by atoms with Crippen molar-refractivity contribution < 1.29 is 0 Å². The summed E-state index contributed by atoms with van der Waals surface area (Å²) in [4.78, 5) is 27.0. The minimum absolute atomic E-state index is 0.0130. The summed E-state index contributed by atoms with van der Waals surface area (Å²) in [6.45, 7) is 10.0. The third-order valence-corrected chi connectivity index (χ3v) is 3.84. The lowest BCUT2D eigenvalue weighted by molar-refractivity contribution is 0.424. The fraction of sp³-hybridized carbons (Fsp3) is 0.733. The first kappa shape index (κ1) is 17.0. The smallest absolute Gasteiger partial charge is 0.297 e. The SMILES string of the molecule is CC(C)CCCC(C)n1c(=O)[nH]c(Cl)c(C(C)C)c1=O. The average molecular weight is 301 g/mol. The molecule has 1 heterocycles. The van der Waals surface area contributed by atoms with Crippen LogP contribution in [0.3, 0.4) is 0 Å². The molecule has 0 saturated heterocycles. The van der Waals surface area contributed by atoms with E-state index in [1.807, 2.05) is 20.8 Å². The number of H-pyrrole nitrogens is 1. The Labute approximate surface area is 125 Å². The molecule has 0 saturated carbocycles. The van der Waals surface area contributed by atoms with Gasteiger partial charge in [-0.05, 0) is 25.2 Å². The maximum Gasteiger partial charge on any atom is 0.329 e. The van der Waals surface area contributed by atoms with Gasteiger partial charge in [0.05, 0.1) is 5.56 Å². The van der Waals surface area contributed by atoms with Crippen LogP contribution in [-0.2, 0) is 0 Å². The van der Waals surface area contributed by atoms with Gasteiger partial charge in [-0.1, -0.05) is 52.1 Å². The normalized spacial score (nSPS) is 13.2. The minimum Gasteiger partial charge on any atom is -0.297 e. The van der Waals surface area contributed by atoms with E-state index in [0.29, 0.717) is 11.5 Å². The predicted molar refractivity (Wildman–Crippen MR) is 83.8 cm³/mol. The topological polar surface area (TPSA) is 54.9 Å². The molecule has 4 nitrogen and oxygen atoms in total. The highest BCUT2D eigenvalue weighted by molar-refractivity contribution is 6.30. The first-order chi connectivity index (χ1) is 9.25. The molecule has 0 radical (unpaired) electrons. The summed E-state index contributed by atoms with van der Waals surface area (Å²) in [5.41, 5.74) is -0.186. The molecule has 1 N–H and O–H groups in total. The fourth-order valence-corrected chi connectivity index (χ4v) is 2.77. The molecule has 1 rings (SSSR count). The Morgan fingerprint density at radius 1 is 1.10 bits per heavy atom. The summed E-state index contributed by atoms with van der Waals surface area (Å²) in [7, 11) is 0. The molecule has 0 spiro atoms. The molecule has 0 aliphatic heterocycles. The zero-order valence-corrected chi connectivity index (χ0v) is 13.8. The van der Waals surface area contributed by atoms with Crippen LogP contribution in [0.4, 0.5) is 0 Å². The lowest BCUT2D eigenvalue weighted by atomic mass is 10.0. The van der Waals surface area contributed by atoms with Crippen molar-refractivity contribution in [2.75, 3.05) is 0 Å². The number of aromatic amines is 1. The van der Waals surface area contributed by atoms with Crippen molar-refractivity contribution in [3.63, 3.8) is 0 Å². The summed E-state index contributed by atoms with van der Waals surface area (Å²) in [6.07, 6.45) is 2.92. The van der Waals surface area contributed by atoms with Gasteiger partial charge in [0.25, 0.3) is 5.56 Å². The van der Waals surface area contributed by atoms with E-state index in [0.717, 1.165) is 19.3 Å². The Hall–Kier alpha value is -1.03. The van der Waals surface area contributed by atoms with Gasteiger partial charge < -0.3 is 0 Å². The molecule has 1 aromatic heterocycles. The first-order valence-electron chi connectivity index (χ1n) is 7.29. The number of nitrogens with one attached hydrogen (secondary N) is 1. The summed E-state index contributed by atoms with van der Waals surface area (Å²) >= 11 is 5.98. The molecule has 20 heavy (non-hydrogen) atoms. The van der Waals surface area contributed by atoms with E-state index in [2.05, 4.69) is 18.8 Å². The number of halogens is 1. The Kier molecular flexibility index (Phi) is 6.06. The molecule has 0 amide bonds. The highest BCUT2D eigenvalue weighted by Gasteiger charge is 2.18. The van der Waals surface area contributed by atoms with Crippen LogP contribution in [0.2, 0.25) is 5.15 Å². The van der Waals surface area contributed by atoms with Crippen LogP contribution >= 0.6 is 11.6 Å². The van der Waals surface area contributed by atoms with Crippen molar-refractivity contribution in [3.05, 3.63) is 31.6 Å². The van der Waals surface area contributed by atoms with E-state index in [-0.39, 0.29) is 22.7 Å². The summed E-state index contributed by atoms with van der Waals surface area (Å²) < 4.78 is 1.31. The molecule has 0 aliphatic carbocycles. The molecule has 1 aromatic rings. The second-order valence-corrected chi connectivity index (χ2v) is 6.54. The molecular weight excluding hydrogens is 276 g/mol. The van der Waals surface area contributed by atoms with Gasteiger partial charge in [0.2, 0.25) is 0 Å². The van der Waals surface area contributed by atoms with Crippen LogP contribution in [-0.4, -0.2) is 9.55 Å². The van der Waals surface area contributed by atoms with Crippen LogP contribution in [0.25, 0.3) is 0 Å². The van der Waals surface area contributed by atoms with Gasteiger partial charge in [-0.25, -0.2) is 4.79 Å². The maximum atomic E-state index is 12.4. The van der Waals surface area contributed by atoms with E-state index in [1.165, 1.54) is 4.57 Å². The van der Waals surface area contributed by atoms with Gasteiger partial charge in [-0.15, -0.1) is 0 Å². The van der Waals surface area contributed by atoms with E-state index in [9.17, 15) is 9.59 Å². The Balaban J connectivity index is 3.09. The average Bonchev–Trinajstić information content (AvgIpc) is 2.26. The molecule has 5 heteroatoms. The first-order valence-corrected chi connectivity index (χ1v) is 7.67. The van der Waals surface area contributed by atoms with Crippen LogP contribution in [0.1, 0.15) is 71.4 Å². The van der Waals surface area contributed by atoms with Crippen LogP contribution < -0.4 is 11.2 Å². The van der Waals surface area contributed by atoms with Gasteiger partial charge in [0, 0.05) is 6.04 Å². The summed E-state index contributed by atoms with van der Waals surface area (Å²) in [6, 6.07) is -0.111. The quantitative estimate of drug-likeness (QED) is 0.814. The maximum absolute atomic E-state index is 12.4. The number of rotatable bonds is 6. The number of nitrogens with zero attached hydrogens (tertiary/aromatic N) is 1. The Morgan fingerprint density at radius 2 is 1.70 bits per heavy atom. The number of hydrogen-bond donors (Lipinski definition) is 1. The standard InChI is InChI=1S/C15H25ClN2O2/c1-9(2)7-6-8-11(5)18-14(19)12(10(3)4)13(16)17-15(18)20/h9-11H,6-8H2,1-5H3,(H,17,20). The summed E-state index contributed by atoms with van der Waals surface area (Å²) in [5.74, 6) is 0.620. The molecule has 114 valence electrons. The molecule has 0 aromatic carbocycles. The van der Waals surface area contributed by atoms with Crippen molar-refractivity contribution in [2.24, 2.45) is 5.92 Å². The predicted octanol–water partition coefficient (Wildman–Crippen LogP) is 3.70. The van der Waals surface area contributed by atoms with Crippen LogP contribution in [0.5, 0.6) is 0 Å². The number of hydrogen-bond acceptors (Lipinski definition) is 2. The van der Waals surface area contributed by atoms with E-state index >= 15 is 0 Å². The highest BCUT2D eigenvalue weighted by atomic mass is 35.5. The fourth-order valence-electron chi connectivity index (χ4n) is 2.39. The Morgan fingerprint density at radius 3 is 2.20 bits per heavy atom. The Bertz CT molecular complexity index is 558. The van der Waals surface area contributed by atoms with Crippen LogP contribution in [0.15, 0.2) is 9.59 Å². The zero-order chi connectivity index (χ0) is 15.4. The van der Waals surface area contributed by atoms with Crippen molar-refractivity contribution in [2.45, 2.75) is 65.8 Å². The van der Waals surface area contributed by atoms with Gasteiger partial charge in [0.1, 0.15) is 5.15 Å². The minimum atomic E-state index is -0.415. The second kappa shape index (κ2) is 7.11. The van der Waals surface area contributed by atoms with E-state index in [4.69, 9.17) is 11.6 Å². The van der Waals surface area contributed by atoms with E-state index < -0.39 is 5.69 Å². The van der Waals surface area contributed by atoms with Gasteiger partial charge in [-0.2, -0.15) is 0 Å². The molecule has 1 unspecified atom stereocenters. The number of aromatic nitrogens is 2. The van der Waals surface area contributed by atoms with E-state index in [1.54, 1.807) is 0 Å². The van der Waals surface area contributed by atoms with Crippen molar-refractivity contribution in [1.82, 2.24) is 9.55 Å². The molecule has 0 fully saturated rings. The molecular formula is C15H25ClN2O2. The second-order valence-electron chi connectivity index (χ2n) is 6.16. The third-order valence-electron chi connectivity index (χ3n) is 3.54. The van der Waals surface area contributed by atoms with Crippen LogP contribution in [0, 0.1) is 5.92 Å². The lowest BCUT2D eigenvalue weighted by Gasteiger charge is -2.17. The van der Waals surface area contributed by atoms with Gasteiger partial charge in [0.15, 0.2) is 0 Å². The van der Waals surface area contributed by atoms with Crippen molar-refractivity contribution in [3.8, 4) is 0 Å². The van der Waals surface area contributed by atoms with Gasteiger partial charge in [-0.3, -0.25) is 14.3 Å². The highest BCUT2D eigenvalue weighted by Crippen LogP contribution is 2.19. The summed E-state index contributed by atoms with van der Waals surface area (Å²) in [5, 5.41) is 0.167. The largest absolute Gasteiger partial charge is 0.329 e. The van der Waals surface area contributed by atoms with Crippen molar-refractivity contribution in [1.29, 1.82) is 0 Å². The van der Waals surface area contributed by atoms with Crippen molar-refractivity contribution >= 4 is 11.6 Å². The molecule has 1 atom stereocenters. The third kappa shape index (κ3) is 3.98. The molecule has 0 aliphatic rings. The lowest BCUT2D eigenvalue weighted by Crippen LogP contribution is -2.39. The molecule has 0 bridgehead atoms. The van der Waals surface area contributed by atoms with Gasteiger partial charge >= 0.3 is 5.69 Å².